The van der Waals surface area contributed by atoms with Gasteiger partial charge in [-0.15, -0.1) is 0 Å². The molecule has 0 aromatic carbocycles. The first-order valence-corrected chi connectivity index (χ1v) is 6.46. The number of nitrogens with zero attached hydrogens (tertiary/aromatic N) is 3. The van der Waals surface area contributed by atoms with E-state index in [0.717, 1.165) is 25.5 Å². The van der Waals surface area contributed by atoms with Gasteiger partial charge >= 0.3 is 6.09 Å². The van der Waals surface area contributed by atoms with Crippen LogP contribution < -0.4 is 10.2 Å². The minimum absolute atomic E-state index is 0.299. The summed E-state index contributed by atoms with van der Waals surface area (Å²) in [4.78, 5) is 19.4. The van der Waals surface area contributed by atoms with Gasteiger partial charge in [0.05, 0.1) is 16.9 Å². The molecule has 1 amide bonds. The highest BCUT2D eigenvalue weighted by molar-refractivity contribution is 6.33. The number of likely N-dealkylation sites (N-methyl/N-ethyl adjacent to an activating group) is 1. The zero-order chi connectivity index (χ0) is 14.0. The highest BCUT2D eigenvalue weighted by Crippen LogP contribution is 2.27. The SMILES string of the molecule is CC1CN(C)CCN1c1cc(NC(=O)O)c(Cl)cn1. The van der Waals surface area contributed by atoms with E-state index in [-0.39, 0.29) is 0 Å². The van der Waals surface area contributed by atoms with Gasteiger partial charge < -0.3 is 14.9 Å². The number of carboxylic acid groups (broad SMARTS) is 1. The minimum atomic E-state index is -1.13. The Morgan fingerprint density at radius 2 is 2.32 bits per heavy atom. The summed E-state index contributed by atoms with van der Waals surface area (Å²) in [6.45, 7) is 4.89. The number of rotatable bonds is 2. The molecular formula is C12H17ClN4O2. The van der Waals surface area contributed by atoms with Gasteiger partial charge in [0, 0.05) is 31.7 Å². The smallest absolute Gasteiger partial charge is 0.409 e. The fraction of sp³-hybridized carbons (Fsp3) is 0.500. The number of hydrogen-bond acceptors (Lipinski definition) is 4. The summed E-state index contributed by atoms with van der Waals surface area (Å²) in [6.07, 6.45) is 0.346. The van der Waals surface area contributed by atoms with Crippen LogP contribution in [0.4, 0.5) is 16.3 Å². The molecule has 2 heterocycles. The number of aromatic nitrogens is 1. The van der Waals surface area contributed by atoms with Crippen molar-refractivity contribution in [2.45, 2.75) is 13.0 Å². The summed E-state index contributed by atoms with van der Waals surface area (Å²) in [7, 11) is 2.08. The van der Waals surface area contributed by atoms with Gasteiger partial charge in [-0.1, -0.05) is 11.6 Å². The van der Waals surface area contributed by atoms with E-state index in [2.05, 4.69) is 34.1 Å². The molecule has 7 heteroatoms. The average Bonchev–Trinajstić information content (AvgIpc) is 2.32. The number of halogens is 1. The van der Waals surface area contributed by atoms with Crippen LogP contribution in [0.15, 0.2) is 12.3 Å². The summed E-state index contributed by atoms with van der Waals surface area (Å²) in [6, 6.07) is 2.00. The quantitative estimate of drug-likeness (QED) is 0.869. The van der Waals surface area contributed by atoms with Gasteiger partial charge in [0.15, 0.2) is 0 Å². The van der Waals surface area contributed by atoms with Crippen molar-refractivity contribution in [2.24, 2.45) is 0 Å². The lowest BCUT2D eigenvalue weighted by molar-refractivity contribution is 0.210. The molecule has 1 aromatic heterocycles. The number of amides is 1. The van der Waals surface area contributed by atoms with E-state index in [4.69, 9.17) is 16.7 Å². The van der Waals surface area contributed by atoms with Crippen molar-refractivity contribution < 1.29 is 9.90 Å². The molecule has 2 rings (SSSR count). The second-order valence-corrected chi connectivity index (χ2v) is 5.16. The molecule has 1 unspecified atom stereocenters. The lowest BCUT2D eigenvalue weighted by atomic mass is 10.2. The zero-order valence-corrected chi connectivity index (χ0v) is 11.7. The summed E-state index contributed by atoms with van der Waals surface area (Å²) < 4.78 is 0. The average molecular weight is 285 g/mol. The van der Waals surface area contributed by atoms with Gasteiger partial charge in [0.1, 0.15) is 5.82 Å². The summed E-state index contributed by atoms with van der Waals surface area (Å²) in [5.41, 5.74) is 0.366. The molecule has 1 aliphatic rings. The number of anilines is 2. The molecule has 0 aliphatic carbocycles. The Hall–Kier alpha value is -1.53. The maximum absolute atomic E-state index is 10.7. The molecule has 1 fully saturated rings. The number of piperazine rings is 1. The number of nitrogens with one attached hydrogen (secondary N) is 1. The molecule has 0 radical (unpaired) electrons. The van der Waals surface area contributed by atoms with Crippen molar-refractivity contribution in [2.75, 3.05) is 36.9 Å². The molecule has 1 aliphatic heterocycles. The van der Waals surface area contributed by atoms with E-state index >= 15 is 0 Å². The van der Waals surface area contributed by atoms with Gasteiger partial charge in [-0.05, 0) is 14.0 Å². The molecule has 0 saturated carbocycles. The van der Waals surface area contributed by atoms with Crippen LogP contribution in [0.25, 0.3) is 0 Å². The fourth-order valence-electron chi connectivity index (χ4n) is 2.28. The first-order valence-electron chi connectivity index (χ1n) is 6.08. The van der Waals surface area contributed by atoms with Crippen LogP contribution in [0.2, 0.25) is 5.02 Å². The topological polar surface area (TPSA) is 68.7 Å². The van der Waals surface area contributed by atoms with Crippen molar-refractivity contribution in [1.29, 1.82) is 0 Å². The Bertz CT molecular complexity index is 483. The second-order valence-electron chi connectivity index (χ2n) is 4.76. The van der Waals surface area contributed by atoms with Crippen LogP contribution in [0.3, 0.4) is 0 Å². The van der Waals surface area contributed by atoms with E-state index in [1.807, 2.05) is 0 Å². The predicted molar refractivity (Wildman–Crippen MR) is 75.2 cm³/mol. The Kier molecular flexibility index (Phi) is 4.11. The zero-order valence-electron chi connectivity index (χ0n) is 10.9. The van der Waals surface area contributed by atoms with E-state index in [1.165, 1.54) is 6.20 Å². The van der Waals surface area contributed by atoms with Crippen LogP contribution in [-0.2, 0) is 0 Å². The van der Waals surface area contributed by atoms with E-state index in [9.17, 15) is 4.79 Å². The molecular weight excluding hydrogens is 268 g/mol. The van der Waals surface area contributed by atoms with Gasteiger partial charge in [0.2, 0.25) is 0 Å². The third kappa shape index (κ3) is 3.27. The van der Waals surface area contributed by atoms with Crippen LogP contribution in [0.1, 0.15) is 6.92 Å². The molecule has 1 aromatic rings. The van der Waals surface area contributed by atoms with Crippen molar-refractivity contribution in [3.63, 3.8) is 0 Å². The van der Waals surface area contributed by atoms with Crippen molar-refractivity contribution in [1.82, 2.24) is 9.88 Å². The lowest BCUT2D eigenvalue weighted by Gasteiger charge is -2.39. The summed E-state index contributed by atoms with van der Waals surface area (Å²) in [5.74, 6) is 0.744. The highest BCUT2D eigenvalue weighted by atomic mass is 35.5. The van der Waals surface area contributed by atoms with E-state index in [1.54, 1.807) is 6.07 Å². The van der Waals surface area contributed by atoms with Crippen molar-refractivity contribution in [3.05, 3.63) is 17.3 Å². The largest absolute Gasteiger partial charge is 0.465 e. The van der Waals surface area contributed by atoms with Crippen molar-refractivity contribution in [3.8, 4) is 0 Å². The van der Waals surface area contributed by atoms with E-state index < -0.39 is 6.09 Å². The fourth-order valence-corrected chi connectivity index (χ4v) is 2.43. The van der Waals surface area contributed by atoms with Crippen molar-refractivity contribution >= 4 is 29.2 Å². The van der Waals surface area contributed by atoms with Gasteiger partial charge in [-0.3, -0.25) is 5.32 Å². The maximum Gasteiger partial charge on any atom is 0.409 e. The van der Waals surface area contributed by atoms with Crippen LogP contribution >= 0.6 is 11.6 Å². The lowest BCUT2D eigenvalue weighted by Crippen LogP contribution is -2.50. The Labute approximate surface area is 117 Å². The molecule has 0 bridgehead atoms. The number of pyridine rings is 1. The van der Waals surface area contributed by atoms with Gasteiger partial charge in [-0.25, -0.2) is 9.78 Å². The molecule has 2 N–H and O–H groups in total. The Balaban J connectivity index is 2.22. The predicted octanol–water partition coefficient (Wildman–Crippen LogP) is 1.97. The Morgan fingerprint density at radius 1 is 1.58 bits per heavy atom. The Morgan fingerprint density at radius 3 is 2.95 bits per heavy atom. The molecule has 0 spiro atoms. The van der Waals surface area contributed by atoms with E-state index in [0.29, 0.717) is 16.8 Å². The minimum Gasteiger partial charge on any atom is -0.465 e. The molecule has 1 saturated heterocycles. The molecule has 19 heavy (non-hydrogen) atoms. The first kappa shape index (κ1) is 13.9. The third-order valence-electron chi connectivity index (χ3n) is 3.21. The van der Waals surface area contributed by atoms with Gasteiger partial charge in [-0.2, -0.15) is 0 Å². The molecule has 1 atom stereocenters. The molecule has 104 valence electrons. The summed E-state index contributed by atoms with van der Waals surface area (Å²) >= 11 is 5.92. The van der Waals surface area contributed by atoms with Gasteiger partial charge in [0.25, 0.3) is 0 Å². The number of carbonyl (C=O) groups is 1. The number of hydrogen-bond donors (Lipinski definition) is 2. The standard InChI is InChI=1S/C12H17ClN4O2/c1-8-7-16(2)3-4-17(8)11-5-10(15-12(18)19)9(13)6-14-11/h5-6,8H,3-4,7H2,1-2H3,(H,14,15)(H,18,19). The second kappa shape index (κ2) is 5.63. The molecule has 6 nitrogen and oxygen atoms in total. The van der Waals surface area contributed by atoms with Crippen LogP contribution in [-0.4, -0.2) is 53.8 Å². The monoisotopic (exact) mass is 284 g/mol. The maximum atomic E-state index is 10.7. The highest BCUT2D eigenvalue weighted by Gasteiger charge is 2.23. The summed E-state index contributed by atoms with van der Waals surface area (Å²) in [5, 5.41) is 11.4. The first-order chi connectivity index (χ1) is 8.97. The third-order valence-corrected chi connectivity index (χ3v) is 3.51. The normalized spacial score (nSPS) is 20.4. The van der Waals surface area contributed by atoms with Crippen LogP contribution in [0.5, 0.6) is 0 Å². The van der Waals surface area contributed by atoms with Crippen LogP contribution in [0, 0.1) is 0 Å².